The zero-order valence-electron chi connectivity index (χ0n) is 9.77. The van der Waals surface area contributed by atoms with Crippen LogP contribution in [0.25, 0.3) is 11.0 Å². The van der Waals surface area contributed by atoms with Crippen LogP contribution >= 0.6 is 0 Å². The highest BCUT2D eigenvalue weighted by molar-refractivity contribution is 5.85. The van der Waals surface area contributed by atoms with Crippen LogP contribution in [0.1, 0.15) is 22.5 Å². The molecule has 0 bridgehead atoms. The number of furan rings is 1. The SMILES string of the molecule is CNCc1cc2c(C)cc(C)c(C)c2o1. The van der Waals surface area contributed by atoms with Crippen LogP contribution in [0.15, 0.2) is 16.5 Å². The predicted molar refractivity (Wildman–Crippen MR) is 63.2 cm³/mol. The normalized spacial score (nSPS) is 11.2. The van der Waals surface area contributed by atoms with E-state index in [1.54, 1.807) is 0 Å². The first kappa shape index (κ1) is 10.2. The van der Waals surface area contributed by atoms with Crippen LogP contribution in [0.5, 0.6) is 0 Å². The van der Waals surface area contributed by atoms with Crippen molar-refractivity contribution in [2.45, 2.75) is 27.3 Å². The highest BCUT2D eigenvalue weighted by Gasteiger charge is 2.09. The van der Waals surface area contributed by atoms with Crippen molar-refractivity contribution in [3.63, 3.8) is 0 Å². The van der Waals surface area contributed by atoms with Gasteiger partial charge >= 0.3 is 0 Å². The van der Waals surface area contributed by atoms with Crippen LogP contribution in [0, 0.1) is 20.8 Å². The summed E-state index contributed by atoms with van der Waals surface area (Å²) in [4.78, 5) is 0. The Kier molecular flexibility index (Phi) is 2.53. The molecule has 0 saturated heterocycles. The second-order valence-corrected chi connectivity index (χ2v) is 4.12. The lowest BCUT2D eigenvalue weighted by atomic mass is 10.0. The molecule has 2 heteroatoms. The number of rotatable bonds is 2. The van der Waals surface area contributed by atoms with E-state index in [9.17, 15) is 0 Å². The Morgan fingerprint density at radius 3 is 2.53 bits per heavy atom. The lowest BCUT2D eigenvalue weighted by Gasteiger charge is -2.02. The van der Waals surface area contributed by atoms with Crippen LogP contribution in [0.4, 0.5) is 0 Å². The summed E-state index contributed by atoms with van der Waals surface area (Å²) in [7, 11) is 1.93. The molecule has 0 aliphatic heterocycles. The zero-order chi connectivity index (χ0) is 11.0. The summed E-state index contributed by atoms with van der Waals surface area (Å²) in [6, 6.07) is 4.35. The fourth-order valence-corrected chi connectivity index (χ4v) is 1.96. The molecule has 0 radical (unpaired) electrons. The van der Waals surface area contributed by atoms with E-state index in [2.05, 4.69) is 38.2 Å². The lowest BCUT2D eigenvalue weighted by molar-refractivity contribution is 0.529. The van der Waals surface area contributed by atoms with E-state index in [4.69, 9.17) is 4.42 Å². The minimum atomic E-state index is 0.784. The number of hydrogen-bond acceptors (Lipinski definition) is 2. The molecule has 15 heavy (non-hydrogen) atoms. The van der Waals surface area contributed by atoms with Gasteiger partial charge in [0.05, 0.1) is 6.54 Å². The number of hydrogen-bond donors (Lipinski definition) is 1. The van der Waals surface area contributed by atoms with Gasteiger partial charge in [0.15, 0.2) is 0 Å². The molecule has 1 aromatic carbocycles. The van der Waals surface area contributed by atoms with Gasteiger partial charge in [0, 0.05) is 5.39 Å². The number of benzene rings is 1. The molecule has 0 aliphatic rings. The molecule has 0 amide bonds. The van der Waals surface area contributed by atoms with Gasteiger partial charge in [-0.15, -0.1) is 0 Å². The summed E-state index contributed by atoms with van der Waals surface area (Å²) in [6.45, 7) is 7.16. The van der Waals surface area contributed by atoms with Gasteiger partial charge in [-0.3, -0.25) is 0 Å². The molecule has 2 nitrogen and oxygen atoms in total. The van der Waals surface area contributed by atoms with Crippen molar-refractivity contribution < 1.29 is 4.42 Å². The van der Waals surface area contributed by atoms with Crippen molar-refractivity contribution in [2.24, 2.45) is 0 Å². The van der Waals surface area contributed by atoms with Crippen molar-refractivity contribution in [1.82, 2.24) is 5.32 Å². The van der Waals surface area contributed by atoms with E-state index in [0.29, 0.717) is 0 Å². The van der Waals surface area contributed by atoms with Crippen LogP contribution in [-0.4, -0.2) is 7.05 Å². The maximum Gasteiger partial charge on any atom is 0.137 e. The van der Waals surface area contributed by atoms with E-state index in [1.807, 2.05) is 7.05 Å². The molecular weight excluding hydrogens is 186 g/mol. The third kappa shape index (κ3) is 1.65. The maximum absolute atomic E-state index is 5.84. The number of aryl methyl sites for hydroxylation is 3. The zero-order valence-corrected chi connectivity index (χ0v) is 9.77. The monoisotopic (exact) mass is 203 g/mol. The molecule has 0 aliphatic carbocycles. The minimum Gasteiger partial charge on any atom is -0.459 e. The molecule has 0 fully saturated rings. The van der Waals surface area contributed by atoms with Gasteiger partial charge in [-0.2, -0.15) is 0 Å². The smallest absolute Gasteiger partial charge is 0.137 e. The molecule has 1 N–H and O–H groups in total. The Balaban J connectivity index is 2.68. The third-order valence-electron chi connectivity index (χ3n) is 2.92. The third-order valence-corrected chi connectivity index (χ3v) is 2.92. The van der Waals surface area contributed by atoms with Gasteiger partial charge in [-0.25, -0.2) is 0 Å². The van der Waals surface area contributed by atoms with Crippen molar-refractivity contribution in [3.8, 4) is 0 Å². The van der Waals surface area contributed by atoms with Gasteiger partial charge in [-0.05, 0) is 50.6 Å². The van der Waals surface area contributed by atoms with Gasteiger partial charge in [0.1, 0.15) is 11.3 Å². The quantitative estimate of drug-likeness (QED) is 0.811. The van der Waals surface area contributed by atoms with E-state index >= 15 is 0 Å². The first-order valence-electron chi connectivity index (χ1n) is 5.27. The molecule has 0 unspecified atom stereocenters. The summed E-state index contributed by atoms with van der Waals surface area (Å²) < 4.78 is 5.84. The predicted octanol–water partition coefficient (Wildman–Crippen LogP) is 3.08. The van der Waals surface area contributed by atoms with Crippen LogP contribution in [0.2, 0.25) is 0 Å². The second kappa shape index (κ2) is 3.70. The fourth-order valence-electron chi connectivity index (χ4n) is 1.96. The first-order chi connectivity index (χ1) is 7.13. The van der Waals surface area contributed by atoms with Crippen molar-refractivity contribution in [3.05, 3.63) is 34.6 Å². The summed E-state index contributed by atoms with van der Waals surface area (Å²) in [5.41, 5.74) is 4.88. The lowest BCUT2D eigenvalue weighted by Crippen LogP contribution is -2.03. The molecule has 2 rings (SSSR count). The molecule has 0 saturated carbocycles. The first-order valence-corrected chi connectivity index (χ1v) is 5.27. The van der Waals surface area contributed by atoms with E-state index < -0.39 is 0 Å². The molecule has 1 heterocycles. The van der Waals surface area contributed by atoms with Gasteiger partial charge in [-0.1, -0.05) is 6.07 Å². The average Bonchev–Trinajstić information content (AvgIpc) is 2.60. The number of fused-ring (bicyclic) bond motifs is 1. The summed E-state index contributed by atoms with van der Waals surface area (Å²) in [5.74, 6) is 1.00. The molecule has 2 aromatic rings. The van der Waals surface area contributed by atoms with Gasteiger partial charge in [0.25, 0.3) is 0 Å². The average molecular weight is 203 g/mol. The Morgan fingerprint density at radius 2 is 1.87 bits per heavy atom. The molecule has 0 spiro atoms. The van der Waals surface area contributed by atoms with E-state index in [0.717, 1.165) is 17.9 Å². The van der Waals surface area contributed by atoms with Crippen LogP contribution < -0.4 is 5.32 Å². The highest BCUT2D eigenvalue weighted by atomic mass is 16.3. The maximum atomic E-state index is 5.84. The van der Waals surface area contributed by atoms with Crippen molar-refractivity contribution in [2.75, 3.05) is 7.05 Å². The van der Waals surface area contributed by atoms with Crippen molar-refractivity contribution >= 4 is 11.0 Å². The van der Waals surface area contributed by atoms with Crippen LogP contribution in [-0.2, 0) is 6.54 Å². The highest BCUT2D eigenvalue weighted by Crippen LogP contribution is 2.28. The van der Waals surface area contributed by atoms with Crippen molar-refractivity contribution in [1.29, 1.82) is 0 Å². The minimum absolute atomic E-state index is 0.784. The van der Waals surface area contributed by atoms with E-state index in [1.165, 1.54) is 22.1 Å². The molecule has 0 atom stereocenters. The Labute approximate surface area is 90.3 Å². The van der Waals surface area contributed by atoms with Gasteiger partial charge in [0.2, 0.25) is 0 Å². The summed E-state index contributed by atoms with van der Waals surface area (Å²) >= 11 is 0. The Morgan fingerprint density at radius 1 is 1.13 bits per heavy atom. The number of nitrogens with one attached hydrogen (secondary N) is 1. The Bertz CT molecular complexity index is 497. The standard InChI is InChI=1S/C13H17NO/c1-8-5-9(2)12-6-11(7-14-4)15-13(12)10(8)3/h5-6,14H,7H2,1-4H3. The summed E-state index contributed by atoms with van der Waals surface area (Å²) in [5, 5.41) is 4.34. The largest absolute Gasteiger partial charge is 0.459 e. The molecular formula is C13H17NO. The molecule has 1 aromatic heterocycles. The van der Waals surface area contributed by atoms with Gasteiger partial charge < -0.3 is 9.73 Å². The topological polar surface area (TPSA) is 25.2 Å². The second-order valence-electron chi connectivity index (χ2n) is 4.12. The summed E-state index contributed by atoms with van der Waals surface area (Å²) in [6.07, 6.45) is 0. The van der Waals surface area contributed by atoms with E-state index in [-0.39, 0.29) is 0 Å². The van der Waals surface area contributed by atoms with Crippen LogP contribution in [0.3, 0.4) is 0 Å². The molecule has 80 valence electrons. The fraction of sp³-hybridized carbons (Fsp3) is 0.385. The Hall–Kier alpha value is -1.28.